The monoisotopic (exact) mass is 375 g/mol. The highest BCUT2D eigenvalue weighted by Crippen LogP contribution is 2.27. The minimum Gasteiger partial charge on any atom is -0.495 e. The Balaban J connectivity index is 1.69. The van der Waals surface area contributed by atoms with Crippen LogP contribution in [0.25, 0.3) is 0 Å². The quantitative estimate of drug-likeness (QED) is 0.733. The molecule has 1 saturated heterocycles. The number of nitrogens with one attached hydrogen (secondary N) is 2. The standard InChI is InChI=1S/C17H24ClF2N3O2/c1-25-15-3-2-12(18)10-14(15)21-7-4-17(24)22-13-5-8-23(9-6-13)11-16(19)20/h2-3,10,13,16,21H,4-9,11H2,1H3,(H,22,24). The second kappa shape index (κ2) is 9.77. The molecule has 1 amide bonds. The van der Waals surface area contributed by atoms with Crippen molar-refractivity contribution in [2.24, 2.45) is 0 Å². The lowest BCUT2D eigenvalue weighted by Crippen LogP contribution is -2.46. The predicted molar refractivity (Wildman–Crippen MR) is 94.7 cm³/mol. The number of benzene rings is 1. The number of amides is 1. The van der Waals surface area contributed by atoms with Crippen LogP contribution in [0.15, 0.2) is 18.2 Å². The first-order chi connectivity index (χ1) is 12.0. The second-order valence-corrected chi connectivity index (χ2v) is 6.49. The van der Waals surface area contributed by atoms with Crippen molar-refractivity contribution in [1.82, 2.24) is 10.2 Å². The maximum Gasteiger partial charge on any atom is 0.251 e. The molecule has 0 aromatic heterocycles. The number of methoxy groups -OCH3 is 1. The average molecular weight is 376 g/mol. The third kappa shape index (κ3) is 6.66. The molecule has 2 rings (SSSR count). The van der Waals surface area contributed by atoms with Gasteiger partial charge in [0.15, 0.2) is 0 Å². The van der Waals surface area contributed by atoms with Gasteiger partial charge < -0.3 is 15.4 Å². The van der Waals surface area contributed by atoms with Gasteiger partial charge in [-0.3, -0.25) is 9.69 Å². The highest BCUT2D eigenvalue weighted by atomic mass is 35.5. The minimum atomic E-state index is -2.30. The van der Waals surface area contributed by atoms with E-state index >= 15 is 0 Å². The Morgan fingerprint density at radius 3 is 2.76 bits per heavy atom. The van der Waals surface area contributed by atoms with E-state index in [1.807, 2.05) is 0 Å². The smallest absolute Gasteiger partial charge is 0.251 e. The Morgan fingerprint density at radius 1 is 1.40 bits per heavy atom. The Morgan fingerprint density at radius 2 is 2.12 bits per heavy atom. The zero-order valence-corrected chi connectivity index (χ0v) is 15.0. The van der Waals surface area contributed by atoms with Crippen LogP contribution >= 0.6 is 11.6 Å². The van der Waals surface area contributed by atoms with Gasteiger partial charge in [-0.2, -0.15) is 0 Å². The van der Waals surface area contributed by atoms with Gasteiger partial charge in [-0.15, -0.1) is 0 Å². The van der Waals surface area contributed by atoms with Gasteiger partial charge in [0.1, 0.15) is 5.75 Å². The molecule has 1 aromatic rings. The fourth-order valence-corrected chi connectivity index (χ4v) is 3.06. The second-order valence-electron chi connectivity index (χ2n) is 6.05. The lowest BCUT2D eigenvalue weighted by molar-refractivity contribution is -0.121. The van der Waals surface area contributed by atoms with Crippen molar-refractivity contribution in [2.75, 3.05) is 38.6 Å². The first kappa shape index (κ1) is 19.7. The molecule has 1 aliphatic heterocycles. The van der Waals surface area contributed by atoms with E-state index in [4.69, 9.17) is 16.3 Å². The summed E-state index contributed by atoms with van der Waals surface area (Å²) in [5.74, 6) is 0.608. The number of halogens is 3. The lowest BCUT2D eigenvalue weighted by Gasteiger charge is -2.32. The van der Waals surface area contributed by atoms with Gasteiger partial charge >= 0.3 is 0 Å². The van der Waals surface area contributed by atoms with Crippen LogP contribution < -0.4 is 15.4 Å². The SMILES string of the molecule is COc1ccc(Cl)cc1NCCC(=O)NC1CCN(CC(F)F)CC1. The highest BCUT2D eigenvalue weighted by Gasteiger charge is 2.22. The fourth-order valence-electron chi connectivity index (χ4n) is 2.88. The molecule has 1 aromatic carbocycles. The number of ether oxygens (including phenoxy) is 1. The molecule has 8 heteroatoms. The van der Waals surface area contributed by atoms with Crippen molar-refractivity contribution in [3.63, 3.8) is 0 Å². The van der Waals surface area contributed by atoms with Gasteiger partial charge in [0, 0.05) is 37.1 Å². The molecular weight excluding hydrogens is 352 g/mol. The first-order valence-corrected chi connectivity index (χ1v) is 8.73. The van der Waals surface area contributed by atoms with Crippen molar-refractivity contribution in [3.05, 3.63) is 23.2 Å². The van der Waals surface area contributed by atoms with Crippen LogP contribution in [0, 0.1) is 0 Å². The molecule has 0 unspecified atom stereocenters. The average Bonchev–Trinajstić information content (AvgIpc) is 2.56. The lowest BCUT2D eigenvalue weighted by atomic mass is 10.0. The van der Waals surface area contributed by atoms with Crippen LogP contribution in [0.3, 0.4) is 0 Å². The van der Waals surface area contributed by atoms with Crippen molar-refractivity contribution in [2.45, 2.75) is 31.7 Å². The summed E-state index contributed by atoms with van der Waals surface area (Å²) >= 11 is 5.96. The topological polar surface area (TPSA) is 53.6 Å². The van der Waals surface area contributed by atoms with E-state index in [1.165, 1.54) is 0 Å². The van der Waals surface area contributed by atoms with E-state index in [9.17, 15) is 13.6 Å². The zero-order chi connectivity index (χ0) is 18.2. The minimum absolute atomic E-state index is 0.0548. The summed E-state index contributed by atoms with van der Waals surface area (Å²) in [6.07, 6.45) is -0.588. The highest BCUT2D eigenvalue weighted by molar-refractivity contribution is 6.30. The van der Waals surface area contributed by atoms with Crippen LogP contribution in [0.1, 0.15) is 19.3 Å². The maximum atomic E-state index is 12.3. The van der Waals surface area contributed by atoms with Gasteiger partial charge in [0.25, 0.3) is 6.43 Å². The summed E-state index contributed by atoms with van der Waals surface area (Å²) in [4.78, 5) is 13.8. The van der Waals surface area contributed by atoms with Crippen LogP contribution in [0.2, 0.25) is 5.02 Å². The summed E-state index contributed by atoms with van der Waals surface area (Å²) in [5, 5.41) is 6.69. The number of carbonyl (C=O) groups excluding carboxylic acids is 1. The fraction of sp³-hybridized carbons (Fsp3) is 0.588. The number of hydrogen-bond donors (Lipinski definition) is 2. The van der Waals surface area contributed by atoms with Crippen molar-refractivity contribution in [1.29, 1.82) is 0 Å². The molecule has 25 heavy (non-hydrogen) atoms. The van der Waals surface area contributed by atoms with Crippen LogP contribution in [0.5, 0.6) is 5.75 Å². The first-order valence-electron chi connectivity index (χ1n) is 8.35. The number of hydrogen-bond acceptors (Lipinski definition) is 4. The molecule has 140 valence electrons. The molecule has 0 aliphatic carbocycles. The maximum absolute atomic E-state index is 12.3. The van der Waals surface area contributed by atoms with E-state index in [2.05, 4.69) is 10.6 Å². The Kier molecular flexibility index (Phi) is 7.71. The van der Waals surface area contributed by atoms with E-state index in [0.717, 1.165) is 5.69 Å². The van der Waals surface area contributed by atoms with E-state index in [-0.39, 0.29) is 18.5 Å². The Labute approximate surface area is 151 Å². The van der Waals surface area contributed by atoms with Gasteiger partial charge in [-0.1, -0.05) is 11.6 Å². The summed E-state index contributed by atoms with van der Waals surface area (Å²) in [6.45, 7) is 1.44. The zero-order valence-electron chi connectivity index (χ0n) is 14.2. The molecule has 0 atom stereocenters. The van der Waals surface area contributed by atoms with Gasteiger partial charge in [-0.25, -0.2) is 8.78 Å². The molecule has 1 fully saturated rings. The molecule has 0 saturated carbocycles. The molecule has 1 heterocycles. The largest absolute Gasteiger partial charge is 0.495 e. The van der Waals surface area contributed by atoms with Crippen molar-refractivity contribution in [3.8, 4) is 5.75 Å². The van der Waals surface area contributed by atoms with Crippen molar-refractivity contribution < 1.29 is 18.3 Å². The number of anilines is 1. The van der Waals surface area contributed by atoms with E-state index in [0.29, 0.717) is 49.7 Å². The van der Waals surface area contributed by atoms with Gasteiger partial charge in [0.2, 0.25) is 5.91 Å². The molecule has 1 aliphatic rings. The molecule has 0 bridgehead atoms. The summed E-state index contributed by atoms with van der Waals surface area (Å²) < 4.78 is 29.9. The predicted octanol–water partition coefficient (Wildman–Crippen LogP) is 3.00. The number of likely N-dealkylation sites (tertiary alicyclic amines) is 1. The molecule has 2 N–H and O–H groups in total. The molecule has 0 radical (unpaired) electrons. The van der Waals surface area contributed by atoms with Crippen LogP contribution in [-0.4, -0.2) is 56.6 Å². The van der Waals surface area contributed by atoms with Crippen LogP contribution in [0.4, 0.5) is 14.5 Å². The van der Waals surface area contributed by atoms with E-state index < -0.39 is 6.43 Å². The number of carbonyl (C=O) groups is 1. The molecular formula is C17H24ClF2N3O2. The normalized spacial score (nSPS) is 16.0. The number of rotatable bonds is 8. The molecule has 0 spiro atoms. The van der Waals surface area contributed by atoms with E-state index in [1.54, 1.807) is 30.2 Å². The Bertz CT molecular complexity index is 567. The number of nitrogens with zero attached hydrogens (tertiary/aromatic N) is 1. The summed E-state index contributed by atoms with van der Waals surface area (Å²) in [5.41, 5.74) is 0.739. The third-order valence-electron chi connectivity index (χ3n) is 4.18. The summed E-state index contributed by atoms with van der Waals surface area (Å²) in [6, 6.07) is 5.30. The molecule has 5 nitrogen and oxygen atoms in total. The van der Waals surface area contributed by atoms with Crippen LogP contribution in [-0.2, 0) is 4.79 Å². The van der Waals surface area contributed by atoms with Crippen molar-refractivity contribution >= 4 is 23.2 Å². The summed E-state index contributed by atoms with van der Waals surface area (Å²) in [7, 11) is 1.57. The number of alkyl halides is 2. The van der Waals surface area contributed by atoms with Gasteiger partial charge in [0.05, 0.1) is 19.3 Å². The van der Waals surface area contributed by atoms with Gasteiger partial charge in [-0.05, 0) is 31.0 Å². The third-order valence-corrected chi connectivity index (χ3v) is 4.41. The number of piperidine rings is 1. The Hall–Kier alpha value is -1.60.